The first-order chi connectivity index (χ1) is 14.2. The van der Waals surface area contributed by atoms with E-state index in [0.717, 1.165) is 22.7 Å². The van der Waals surface area contributed by atoms with E-state index >= 15 is 0 Å². The number of ether oxygens (including phenoxy) is 2. The Morgan fingerprint density at radius 1 is 0.724 bits per heavy atom. The third-order valence-electron chi connectivity index (χ3n) is 4.18. The first-order valence-electron chi connectivity index (χ1n) is 9.12. The summed E-state index contributed by atoms with van der Waals surface area (Å²) in [5.41, 5.74) is 8.50. The standard InChI is InChI=1S/C23H20N4O2/c1-16-7-11-20(12-8-16)29-23-21(24)22(25-15-26-23)27-17-9-13-19(14-10-17)28-18-5-3-2-4-6-18/h2-15H,24H2,1H3,(H,25,26,27). The SMILES string of the molecule is Cc1ccc(Oc2ncnc(Nc3ccc(Oc4ccccc4)cc3)c2N)cc1. The van der Waals surface area contributed by atoms with Gasteiger partial charge in [-0.3, -0.25) is 0 Å². The van der Waals surface area contributed by atoms with Crippen LogP contribution >= 0.6 is 0 Å². The highest BCUT2D eigenvalue weighted by Crippen LogP contribution is 2.31. The fourth-order valence-corrected chi connectivity index (χ4v) is 2.65. The molecule has 0 fully saturated rings. The molecule has 6 nitrogen and oxygen atoms in total. The highest BCUT2D eigenvalue weighted by atomic mass is 16.5. The summed E-state index contributed by atoms with van der Waals surface area (Å²) in [7, 11) is 0. The van der Waals surface area contributed by atoms with E-state index in [9.17, 15) is 0 Å². The fourth-order valence-electron chi connectivity index (χ4n) is 2.65. The Labute approximate surface area is 169 Å². The summed E-state index contributed by atoms with van der Waals surface area (Å²) in [6.45, 7) is 2.01. The zero-order valence-electron chi connectivity index (χ0n) is 15.9. The maximum atomic E-state index is 6.20. The van der Waals surface area contributed by atoms with Crippen LogP contribution in [0.4, 0.5) is 17.2 Å². The van der Waals surface area contributed by atoms with Crippen LogP contribution in [-0.4, -0.2) is 9.97 Å². The third kappa shape index (κ3) is 4.62. The van der Waals surface area contributed by atoms with E-state index in [-0.39, 0.29) is 0 Å². The molecule has 0 aliphatic carbocycles. The van der Waals surface area contributed by atoms with Gasteiger partial charge in [-0.1, -0.05) is 35.9 Å². The first-order valence-corrected chi connectivity index (χ1v) is 9.12. The molecule has 4 aromatic rings. The summed E-state index contributed by atoms with van der Waals surface area (Å²) in [4.78, 5) is 8.36. The molecule has 3 N–H and O–H groups in total. The highest BCUT2D eigenvalue weighted by Gasteiger charge is 2.11. The monoisotopic (exact) mass is 384 g/mol. The van der Waals surface area contributed by atoms with E-state index in [4.69, 9.17) is 15.2 Å². The van der Waals surface area contributed by atoms with Crippen molar-refractivity contribution in [1.29, 1.82) is 0 Å². The van der Waals surface area contributed by atoms with Crippen LogP contribution in [0.2, 0.25) is 0 Å². The Morgan fingerprint density at radius 3 is 2.07 bits per heavy atom. The number of anilines is 3. The molecule has 0 saturated carbocycles. The summed E-state index contributed by atoms with van der Waals surface area (Å²) in [6.07, 6.45) is 1.41. The minimum atomic E-state index is 0.301. The maximum absolute atomic E-state index is 6.20. The molecule has 0 amide bonds. The smallest absolute Gasteiger partial charge is 0.248 e. The van der Waals surface area contributed by atoms with Gasteiger partial charge in [0.2, 0.25) is 5.88 Å². The van der Waals surface area contributed by atoms with Crippen LogP contribution < -0.4 is 20.5 Å². The quantitative estimate of drug-likeness (QED) is 0.444. The van der Waals surface area contributed by atoms with E-state index in [2.05, 4.69) is 15.3 Å². The number of nitrogens with two attached hydrogens (primary N) is 1. The fraction of sp³-hybridized carbons (Fsp3) is 0.0435. The number of aryl methyl sites for hydroxylation is 1. The van der Waals surface area contributed by atoms with E-state index < -0.39 is 0 Å². The van der Waals surface area contributed by atoms with E-state index in [1.54, 1.807) is 0 Å². The van der Waals surface area contributed by atoms with E-state index in [1.807, 2.05) is 85.8 Å². The Kier molecular flexibility index (Phi) is 5.25. The predicted octanol–water partition coefficient (Wildman–Crippen LogP) is 5.70. The second-order valence-corrected chi connectivity index (χ2v) is 6.42. The molecule has 0 spiro atoms. The molecule has 0 aliphatic rings. The van der Waals surface area contributed by atoms with E-state index in [1.165, 1.54) is 6.33 Å². The molecule has 0 aliphatic heterocycles. The lowest BCUT2D eigenvalue weighted by molar-refractivity contribution is 0.464. The first kappa shape index (κ1) is 18.3. The maximum Gasteiger partial charge on any atom is 0.248 e. The summed E-state index contributed by atoms with van der Waals surface area (Å²) in [5.74, 6) is 2.95. The summed E-state index contributed by atoms with van der Waals surface area (Å²) in [5, 5.41) is 3.19. The van der Waals surface area contributed by atoms with Crippen molar-refractivity contribution in [3.63, 3.8) is 0 Å². The van der Waals surface area contributed by atoms with Crippen LogP contribution in [0.3, 0.4) is 0 Å². The lowest BCUT2D eigenvalue weighted by atomic mass is 10.2. The molecule has 0 bridgehead atoms. The number of nitrogen functional groups attached to an aromatic ring is 1. The molecule has 4 rings (SSSR count). The highest BCUT2D eigenvalue weighted by molar-refractivity contribution is 5.72. The van der Waals surface area contributed by atoms with Crippen LogP contribution in [0.1, 0.15) is 5.56 Å². The zero-order chi connectivity index (χ0) is 20.1. The molecule has 0 atom stereocenters. The van der Waals surface area contributed by atoms with Crippen molar-refractivity contribution in [3.05, 3.63) is 90.8 Å². The van der Waals surface area contributed by atoms with Crippen LogP contribution in [0.25, 0.3) is 0 Å². The minimum absolute atomic E-state index is 0.301. The lowest BCUT2D eigenvalue weighted by Gasteiger charge is -2.12. The molecular formula is C23H20N4O2. The number of hydrogen-bond donors (Lipinski definition) is 2. The Balaban J connectivity index is 1.47. The van der Waals surface area contributed by atoms with Gasteiger partial charge in [-0.25, -0.2) is 4.98 Å². The summed E-state index contributed by atoms with van der Waals surface area (Å²) in [6, 6.07) is 24.8. The average molecular weight is 384 g/mol. The second kappa shape index (κ2) is 8.31. The van der Waals surface area contributed by atoms with Crippen molar-refractivity contribution in [2.75, 3.05) is 11.1 Å². The largest absolute Gasteiger partial charge is 0.457 e. The van der Waals surface area contributed by atoms with Gasteiger partial charge in [-0.2, -0.15) is 4.98 Å². The molecule has 0 radical (unpaired) electrons. The molecular weight excluding hydrogens is 364 g/mol. The van der Waals surface area contributed by atoms with Gasteiger partial charge >= 0.3 is 0 Å². The Morgan fingerprint density at radius 2 is 1.34 bits per heavy atom. The number of benzene rings is 3. The minimum Gasteiger partial charge on any atom is -0.457 e. The van der Waals surface area contributed by atoms with Crippen LogP contribution in [0, 0.1) is 6.92 Å². The number of rotatable bonds is 6. The van der Waals surface area contributed by atoms with Gasteiger partial charge in [0.05, 0.1) is 0 Å². The van der Waals surface area contributed by atoms with Crippen molar-refractivity contribution >= 4 is 17.2 Å². The Bertz CT molecular complexity index is 1080. The number of nitrogens with zero attached hydrogens (tertiary/aromatic N) is 2. The van der Waals surface area contributed by atoms with Gasteiger partial charge in [0.1, 0.15) is 29.3 Å². The summed E-state index contributed by atoms with van der Waals surface area (Å²) >= 11 is 0. The third-order valence-corrected chi connectivity index (χ3v) is 4.18. The van der Waals surface area contributed by atoms with Gasteiger partial charge in [-0.15, -0.1) is 0 Å². The average Bonchev–Trinajstić information content (AvgIpc) is 2.75. The molecule has 6 heteroatoms. The number of nitrogens with one attached hydrogen (secondary N) is 1. The molecule has 1 aromatic heterocycles. The van der Waals surface area contributed by atoms with Crippen LogP contribution in [0.5, 0.6) is 23.1 Å². The molecule has 0 saturated heterocycles. The lowest BCUT2D eigenvalue weighted by Crippen LogP contribution is -2.03. The van der Waals surface area contributed by atoms with Crippen molar-refractivity contribution < 1.29 is 9.47 Å². The number of hydrogen-bond acceptors (Lipinski definition) is 6. The topological polar surface area (TPSA) is 82.3 Å². The van der Waals surface area contributed by atoms with Crippen LogP contribution in [-0.2, 0) is 0 Å². The number of aromatic nitrogens is 2. The molecule has 3 aromatic carbocycles. The molecule has 1 heterocycles. The van der Waals surface area contributed by atoms with Crippen molar-refractivity contribution in [2.45, 2.75) is 6.92 Å². The molecule has 29 heavy (non-hydrogen) atoms. The summed E-state index contributed by atoms with van der Waals surface area (Å²) < 4.78 is 11.6. The predicted molar refractivity (Wildman–Crippen MR) is 114 cm³/mol. The second-order valence-electron chi connectivity index (χ2n) is 6.42. The van der Waals surface area contributed by atoms with Crippen molar-refractivity contribution in [3.8, 4) is 23.1 Å². The van der Waals surface area contributed by atoms with Crippen molar-refractivity contribution in [1.82, 2.24) is 9.97 Å². The van der Waals surface area contributed by atoms with Gasteiger partial charge in [-0.05, 0) is 55.5 Å². The normalized spacial score (nSPS) is 10.4. The molecule has 0 unspecified atom stereocenters. The molecule has 144 valence electrons. The Hall–Kier alpha value is -4.06. The zero-order valence-corrected chi connectivity index (χ0v) is 15.9. The number of para-hydroxylation sites is 1. The van der Waals surface area contributed by atoms with Gasteiger partial charge in [0.15, 0.2) is 5.82 Å². The van der Waals surface area contributed by atoms with Gasteiger partial charge in [0.25, 0.3) is 0 Å². The van der Waals surface area contributed by atoms with E-state index in [0.29, 0.717) is 23.1 Å². The van der Waals surface area contributed by atoms with Crippen molar-refractivity contribution in [2.24, 2.45) is 0 Å². The van der Waals surface area contributed by atoms with Gasteiger partial charge in [0, 0.05) is 5.69 Å². The van der Waals surface area contributed by atoms with Gasteiger partial charge < -0.3 is 20.5 Å². The van der Waals surface area contributed by atoms with Crippen LogP contribution in [0.15, 0.2) is 85.2 Å².